The van der Waals surface area contributed by atoms with Gasteiger partial charge in [-0.1, -0.05) is 60.7 Å². The highest BCUT2D eigenvalue weighted by Gasteiger charge is 2.34. The Morgan fingerprint density at radius 2 is 1.56 bits per heavy atom. The molecule has 0 saturated carbocycles. The minimum atomic E-state index is -4.14. The largest absolute Gasteiger partial charge is 0.339 e. The van der Waals surface area contributed by atoms with Crippen LogP contribution in [0.25, 0.3) is 10.8 Å². The third kappa shape index (κ3) is 4.98. The smallest absolute Gasteiger partial charge is 0.264 e. The van der Waals surface area contributed by atoms with Crippen molar-refractivity contribution in [1.29, 1.82) is 0 Å². The molecule has 1 saturated heterocycles. The predicted molar refractivity (Wildman–Crippen MR) is 122 cm³/mol. The molecule has 0 aromatic heterocycles. The lowest BCUT2D eigenvalue weighted by molar-refractivity contribution is -0.141. The second-order valence-electron chi connectivity index (χ2n) is 7.80. The molecule has 1 fully saturated rings. The zero-order valence-corrected chi connectivity index (χ0v) is 18.3. The van der Waals surface area contributed by atoms with Crippen LogP contribution in [0, 0.1) is 5.92 Å². The lowest BCUT2D eigenvalue weighted by Gasteiger charge is -2.30. The van der Waals surface area contributed by atoms with Crippen molar-refractivity contribution in [2.45, 2.75) is 11.3 Å². The van der Waals surface area contributed by atoms with Gasteiger partial charge in [-0.2, -0.15) is 0 Å². The first-order valence-corrected chi connectivity index (χ1v) is 12.0. The highest BCUT2D eigenvalue weighted by molar-refractivity contribution is 7.90. The third-order valence-corrected chi connectivity index (χ3v) is 6.94. The Balaban J connectivity index is 1.59. The van der Waals surface area contributed by atoms with Crippen molar-refractivity contribution in [3.63, 3.8) is 0 Å². The van der Waals surface area contributed by atoms with E-state index in [4.69, 9.17) is 0 Å². The average Bonchev–Trinajstić information content (AvgIpc) is 2.82. The standard InChI is InChI=1S/C24H25N3O4S/c28-23(26-32(30,31)21-11-10-19-8-4-5-9-20(19)17-21)22(16-18-6-2-1-3-7-18)24(29)27-14-12-25-13-15-27/h1-11,17,22,25H,12-16H2,(H,26,28). The van der Waals surface area contributed by atoms with Gasteiger partial charge in [0.2, 0.25) is 11.8 Å². The van der Waals surface area contributed by atoms with E-state index in [1.54, 1.807) is 11.0 Å². The zero-order valence-electron chi connectivity index (χ0n) is 17.5. The fourth-order valence-corrected chi connectivity index (χ4v) is 4.90. The molecule has 8 heteroatoms. The number of amides is 2. The first-order chi connectivity index (χ1) is 15.4. The second kappa shape index (κ2) is 9.50. The van der Waals surface area contributed by atoms with Crippen molar-refractivity contribution in [2.24, 2.45) is 5.92 Å². The van der Waals surface area contributed by atoms with Crippen LogP contribution in [0.5, 0.6) is 0 Å². The highest BCUT2D eigenvalue weighted by Crippen LogP contribution is 2.20. The van der Waals surface area contributed by atoms with Gasteiger partial charge in [0.25, 0.3) is 10.0 Å². The molecule has 166 valence electrons. The van der Waals surface area contributed by atoms with E-state index in [-0.39, 0.29) is 17.2 Å². The maximum Gasteiger partial charge on any atom is 0.264 e. The molecule has 1 atom stereocenters. The number of sulfonamides is 1. The normalized spacial score (nSPS) is 15.3. The molecular weight excluding hydrogens is 426 g/mol. The van der Waals surface area contributed by atoms with E-state index in [0.29, 0.717) is 26.2 Å². The van der Waals surface area contributed by atoms with Crippen molar-refractivity contribution >= 4 is 32.6 Å². The van der Waals surface area contributed by atoms with E-state index in [0.717, 1.165) is 16.3 Å². The SMILES string of the molecule is O=C(NS(=O)(=O)c1ccc2ccccc2c1)C(Cc1ccccc1)C(=O)N1CCNCC1. The molecule has 1 unspecified atom stereocenters. The van der Waals surface area contributed by atoms with Gasteiger partial charge >= 0.3 is 0 Å². The Labute approximate surface area is 187 Å². The number of fused-ring (bicyclic) bond motifs is 1. The minimum Gasteiger partial charge on any atom is -0.339 e. The van der Waals surface area contributed by atoms with E-state index < -0.39 is 21.8 Å². The summed E-state index contributed by atoms with van der Waals surface area (Å²) in [5, 5.41) is 4.82. The molecule has 3 aromatic rings. The van der Waals surface area contributed by atoms with Gasteiger partial charge in [-0.3, -0.25) is 9.59 Å². The number of hydrogen-bond acceptors (Lipinski definition) is 5. The molecule has 3 aromatic carbocycles. The summed E-state index contributed by atoms with van der Waals surface area (Å²) in [4.78, 5) is 27.9. The quantitative estimate of drug-likeness (QED) is 0.559. The lowest BCUT2D eigenvalue weighted by Crippen LogP contribution is -2.52. The van der Waals surface area contributed by atoms with Crippen LogP contribution >= 0.6 is 0 Å². The third-order valence-electron chi connectivity index (χ3n) is 5.59. The number of nitrogens with zero attached hydrogens (tertiary/aromatic N) is 1. The van der Waals surface area contributed by atoms with Gasteiger partial charge in [0, 0.05) is 26.2 Å². The Kier molecular flexibility index (Phi) is 6.53. The van der Waals surface area contributed by atoms with Gasteiger partial charge in [-0.05, 0) is 34.9 Å². The van der Waals surface area contributed by atoms with Crippen molar-refractivity contribution in [3.8, 4) is 0 Å². The summed E-state index contributed by atoms with van der Waals surface area (Å²) in [6.45, 7) is 2.24. The fourth-order valence-electron chi connectivity index (χ4n) is 3.84. The molecule has 4 rings (SSSR count). The number of rotatable bonds is 6. The monoisotopic (exact) mass is 451 g/mol. The Morgan fingerprint density at radius 1 is 0.906 bits per heavy atom. The molecule has 32 heavy (non-hydrogen) atoms. The average molecular weight is 452 g/mol. The molecule has 0 radical (unpaired) electrons. The number of hydrogen-bond donors (Lipinski definition) is 2. The number of benzene rings is 3. The molecule has 7 nitrogen and oxygen atoms in total. The summed E-state index contributed by atoms with van der Waals surface area (Å²) in [6.07, 6.45) is 0.128. The predicted octanol–water partition coefficient (Wildman–Crippen LogP) is 1.94. The number of piperazine rings is 1. The summed E-state index contributed by atoms with van der Waals surface area (Å²) < 4.78 is 28.1. The Morgan fingerprint density at radius 3 is 2.28 bits per heavy atom. The lowest BCUT2D eigenvalue weighted by atomic mass is 9.97. The maximum absolute atomic E-state index is 13.2. The van der Waals surface area contributed by atoms with Gasteiger partial charge in [0.15, 0.2) is 0 Å². The van der Waals surface area contributed by atoms with Gasteiger partial charge in [-0.25, -0.2) is 13.1 Å². The van der Waals surface area contributed by atoms with Gasteiger partial charge in [0.1, 0.15) is 5.92 Å². The van der Waals surface area contributed by atoms with Crippen molar-refractivity contribution in [1.82, 2.24) is 14.9 Å². The van der Waals surface area contributed by atoms with Gasteiger partial charge in [0.05, 0.1) is 4.90 Å². The van der Waals surface area contributed by atoms with Gasteiger partial charge < -0.3 is 10.2 Å². The summed E-state index contributed by atoms with van der Waals surface area (Å²) in [5.74, 6) is -2.31. The Hall–Kier alpha value is -3.23. The van der Waals surface area contributed by atoms with E-state index in [1.165, 1.54) is 12.1 Å². The summed E-state index contributed by atoms with van der Waals surface area (Å²) >= 11 is 0. The van der Waals surface area contributed by atoms with Crippen molar-refractivity contribution < 1.29 is 18.0 Å². The van der Waals surface area contributed by atoms with Crippen molar-refractivity contribution in [3.05, 3.63) is 78.4 Å². The van der Waals surface area contributed by atoms with Crippen LogP contribution in [-0.2, 0) is 26.0 Å². The summed E-state index contributed by atoms with van der Waals surface area (Å²) in [5.41, 5.74) is 0.791. The van der Waals surface area contributed by atoms with Crippen LogP contribution in [0.1, 0.15) is 5.56 Å². The number of nitrogens with one attached hydrogen (secondary N) is 2. The van der Waals surface area contributed by atoms with E-state index >= 15 is 0 Å². The van der Waals surface area contributed by atoms with E-state index in [2.05, 4.69) is 10.0 Å². The highest BCUT2D eigenvalue weighted by atomic mass is 32.2. The van der Waals surface area contributed by atoms with Crippen molar-refractivity contribution in [2.75, 3.05) is 26.2 Å². The molecule has 1 aliphatic rings. The van der Waals surface area contributed by atoms with E-state index in [1.807, 2.05) is 54.6 Å². The van der Waals surface area contributed by atoms with E-state index in [9.17, 15) is 18.0 Å². The van der Waals surface area contributed by atoms with Crippen LogP contribution in [0.3, 0.4) is 0 Å². The van der Waals surface area contributed by atoms with Crippen LogP contribution in [0.15, 0.2) is 77.7 Å². The van der Waals surface area contributed by atoms with Crippen LogP contribution in [0.2, 0.25) is 0 Å². The first-order valence-electron chi connectivity index (χ1n) is 10.5. The fraction of sp³-hybridized carbons (Fsp3) is 0.250. The summed E-state index contributed by atoms with van der Waals surface area (Å²) in [7, 11) is -4.14. The zero-order chi connectivity index (χ0) is 22.6. The molecule has 1 aliphatic heterocycles. The first kappa shape index (κ1) is 22.0. The van der Waals surface area contributed by atoms with Crippen LogP contribution in [-0.4, -0.2) is 51.3 Å². The molecule has 2 N–H and O–H groups in total. The molecule has 0 spiro atoms. The molecule has 0 bridgehead atoms. The second-order valence-corrected chi connectivity index (χ2v) is 9.48. The molecule has 1 heterocycles. The van der Waals surface area contributed by atoms with Crippen LogP contribution in [0.4, 0.5) is 0 Å². The summed E-state index contributed by atoms with van der Waals surface area (Å²) in [6, 6.07) is 21.2. The number of carbonyl (C=O) groups excluding carboxylic acids is 2. The van der Waals surface area contributed by atoms with Crippen LogP contribution < -0.4 is 10.0 Å². The number of carbonyl (C=O) groups is 2. The minimum absolute atomic E-state index is 0.0161. The molecule has 2 amide bonds. The molecule has 0 aliphatic carbocycles. The Bertz CT molecular complexity index is 1220. The topological polar surface area (TPSA) is 95.6 Å². The molecular formula is C24H25N3O4S. The maximum atomic E-state index is 13.2. The van der Waals surface area contributed by atoms with Gasteiger partial charge in [-0.15, -0.1) is 0 Å².